The Kier molecular flexibility index (Phi) is 5.29. The Morgan fingerprint density at radius 2 is 2.11 bits per heavy atom. The zero-order valence-electron chi connectivity index (χ0n) is 15.4. The molecule has 9 heteroatoms. The van der Waals surface area contributed by atoms with Gasteiger partial charge in [-0.25, -0.2) is 8.42 Å². The molecule has 8 nitrogen and oxygen atoms in total. The molecule has 0 aliphatic carbocycles. The lowest BCUT2D eigenvalue weighted by Gasteiger charge is -2.24. The van der Waals surface area contributed by atoms with Gasteiger partial charge in [-0.15, -0.1) is 0 Å². The molecule has 0 bridgehead atoms. The van der Waals surface area contributed by atoms with Crippen LogP contribution in [-0.4, -0.2) is 42.1 Å². The van der Waals surface area contributed by atoms with E-state index >= 15 is 0 Å². The minimum absolute atomic E-state index is 0.104. The van der Waals surface area contributed by atoms with Gasteiger partial charge in [-0.3, -0.25) is 4.98 Å². The quantitative estimate of drug-likeness (QED) is 0.598. The highest BCUT2D eigenvalue weighted by Crippen LogP contribution is 2.31. The van der Waals surface area contributed by atoms with Crippen molar-refractivity contribution in [3.8, 4) is 11.5 Å². The molecular formula is C19H21N3O5S. The predicted molar refractivity (Wildman–Crippen MR) is 99.7 cm³/mol. The average Bonchev–Trinajstić information content (AvgIpc) is 3.44. The van der Waals surface area contributed by atoms with E-state index in [0.717, 1.165) is 12.8 Å². The smallest absolute Gasteiger partial charge is 0.247 e. The second kappa shape index (κ2) is 7.86. The fourth-order valence-electron chi connectivity index (χ4n) is 3.26. The largest absolute Gasteiger partial charge is 0.457 e. The Balaban J connectivity index is 1.67. The maximum atomic E-state index is 13.5. The summed E-state index contributed by atoms with van der Waals surface area (Å²) in [5.41, 5.74) is 0.667. The van der Waals surface area contributed by atoms with Crippen molar-refractivity contribution in [2.24, 2.45) is 0 Å². The van der Waals surface area contributed by atoms with Crippen molar-refractivity contribution < 1.29 is 22.1 Å². The monoisotopic (exact) mass is 403 g/mol. The van der Waals surface area contributed by atoms with Crippen molar-refractivity contribution >= 4 is 10.0 Å². The van der Waals surface area contributed by atoms with Gasteiger partial charge in [0.05, 0.1) is 24.5 Å². The van der Waals surface area contributed by atoms with Crippen LogP contribution in [0.3, 0.4) is 0 Å². The summed E-state index contributed by atoms with van der Waals surface area (Å²) in [5, 5.41) is 3.64. The number of sulfonamides is 1. The van der Waals surface area contributed by atoms with Crippen LogP contribution in [0.2, 0.25) is 0 Å². The Morgan fingerprint density at radius 1 is 1.21 bits per heavy atom. The third kappa shape index (κ3) is 3.87. The van der Waals surface area contributed by atoms with E-state index in [9.17, 15) is 8.42 Å². The molecule has 1 aliphatic heterocycles. The molecule has 4 rings (SSSR count). The summed E-state index contributed by atoms with van der Waals surface area (Å²) in [5.74, 6) is 0.994. The number of rotatable bonds is 7. The Bertz CT molecular complexity index is 1010. The summed E-state index contributed by atoms with van der Waals surface area (Å²) in [6.07, 6.45) is 4.77. The molecule has 3 aromatic heterocycles. The first-order valence-electron chi connectivity index (χ1n) is 9.07. The van der Waals surface area contributed by atoms with E-state index in [-0.39, 0.29) is 24.1 Å². The van der Waals surface area contributed by atoms with Crippen LogP contribution in [0.25, 0.3) is 11.5 Å². The molecule has 1 aliphatic rings. The zero-order chi connectivity index (χ0) is 19.6. The Labute approximate surface area is 163 Å². The van der Waals surface area contributed by atoms with E-state index in [1.807, 2.05) is 6.07 Å². The molecule has 1 fully saturated rings. The number of hydrogen-bond acceptors (Lipinski definition) is 7. The molecule has 0 amide bonds. The van der Waals surface area contributed by atoms with Gasteiger partial charge in [0, 0.05) is 31.5 Å². The number of pyridine rings is 1. The number of furan rings is 1. The lowest BCUT2D eigenvalue weighted by atomic mass is 10.2. The van der Waals surface area contributed by atoms with Crippen molar-refractivity contribution in [1.29, 1.82) is 0 Å². The van der Waals surface area contributed by atoms with E-state index in [0.29, 0.717) is 29.6 Å². The standard InChI is InChI=1S/C19H21N3O5S/c1-14-19(11-18(26-14)17-7-9-21-27-17)28(23,24)22(13-16-6-4-10-25-16)12-15-5-2-3-8-20-15/h2-3,5,7-9,11,16H,4,6,10,12-13H2,1H3. The molecule has 28 heavy (non-hydrogen) atoms. The summed E-state index contributed by atoms with van der Waals surface area (Å²) in [4.78, 5) is 4.38. The maximum Gasteiger partial charge on any atom is 0.247 e. The average molecular weight is 403 g/mol. The molecule has 0 N–H and O–H groups in total. The SMILES string of the molecule is Cc1oc(-c2ccno2)cc1S(=O)(=O)N(Cc1ccccn1)CC1CCCO1. The molecule has 1 unspecified atom stereocenters. The van der Waals surface area contributed by atoms with Gasteiger partial charge >= 0.3 is 0 Å². The van der Waals surface area contributed by atoms with Gasteiger partial charge in [0.25, 0.3) is 0 Å². The zero-order valence-corrected chi connectivity index (χ0v) is 16.3. The normalized spacial score (nSPS) is 17.4. The summed E-state index contributed by atoms with van der Waals surface area (Å²) in [7, 11) is -3.83. The minimum atomic E-state index is -3.83. The van der Waals surface area contributed by atoms with Crippen LogP contribution in [0, 0.1) is 6.92 Å². The van der Waals surface area contributed by atoms with Crippen molar-refractivity contribution in [2.75, 3.05) is 13.2 Å². The molecule has 0 spiro atoms. The fourth-order valence-corrected chi connectivity index (χ4v) is 4.86. The Hall–Kier alpha value is -2.49. The van der Waals surface area contributed by atoms with Crippen molar-refractivity contribution in [3.05, 3.63) is 54.2 Å². The van der Waals surface area contributed by atoms with Crippen molar-refractivity contribution in [3.63, 3.8) is 0 Å². The molecule has 1 saturated heterocycles. The van der Waals surface area contributed by atoms with Crippen LogP contribution in [0.4, 0.5) is 0 Å². The van der Waals surface area contributed by atoms with Crippen LogP contribution in [0.5, 0.6) is 0 Å². The van der Waals surface area contributed by atoms with Gasteiger partial charge in [0.1, 0.15) is 10.7 Å². The molecule has 0 saturated carbocycles. The summed E-state index contributed by atoms with van der Waals surface area (Å²) < 4.78 is 44.7. The first-order valence-corrected chi connectivity index (χ1v) is 10.5. The van der Waals surface area contributed by atoms with Crippen molar-refractivity contribution in [2.45, 2.75) is 37.3 Å². The third-order valence-electron chi connectivity index (χ3n) is 4.67. The highest BCUT2D eigenvalue weighted by atomic mass is 32.2. The number of hydrogen-bond donors (Lipinski definition) is 0. The summed E-state index contributed by atoms with van der Waals surface area (Å²) >= 11 is 0. The van der Waals surface area contributed by atoms with E-state index in [2.05, 4.69) is 10.1 Å². The van der Waals surface area contributed by atoms with Crippen LogP contribution in [0.1, 0.15) is 24.3 Å². The molecule has 4 heterocycles. The van der Waals surface area contributed by atoms with Gasteiger partial charge < -0.3 is 13.7 Å². The number of ether oxygens (including phenoxy) is 1. The number of aromatic nitrogens is 2. The van der Waals surface area contributed by atoms with Crippen LogP contribution >= 0.6 is 0 Å². The lowest BCUT2D eigenvalue weighted by Crippen LogP contribution is -2.37. The summed E-state index contributed by atoms with van der Waals surface area (Å²) in [6.45, 7) is 2.70. The highest BCUT2D eigenvalue weighted by molar-refractivity contribution is 7.89. The maximum absolute atomic E-state index is 13.5. The van der Waals surface area contributed by atoms with Crippen LogP contribution < -0.4 is 0 Å². The second-order valence-corrected chi connectivity index (χ2v) is 8.57. The van der Waals surface area contributed by atoms with Crippen molar-refractivity contribution in [1.82, 2.24) is 14.4 Å². The third-order valence-corrected chi connectivity index (χ3v) is 6.59. The van der Waals surface area contributed by atoms with Crippen LogP contribution in [0.15, 0.2) is 56.6 Å². The molecule has 148 valence electrons. The van der Waals surface area contributed by atoms with Gasteiger partial charge in [0.15, 0.2) is 5.76 Å². The van der Waals surface area contributed by atoms with Gasteiger partial charge in [0.2, 0.25) is 15.8 Å². The topological polar surface area (TPSA) is 98.7 Å². The van der Waals surface area contributed by atoms with Gasteiger partial charge in [-0.05, 0) is 31.9 Å². The molecule has 1 atom stereocenters. The Morgan fingerprint density at radius 3 is 2.79 bits per heavy atom. The van der Waals surface area contributed by atoms with E-state index in [1.54, 1.807) is 31.3 Å². The fraction of sp³-hybridized carbons (Fsp3) is 0.368. The number of nitrogens with zero attached hydrogens (tertiary/aromatic N) is 3. The molecular weight excluding hydrogens is 382 g/mol. The van der Waals surface area contributed by atoms with Crippen LogP contribution in [-0.2, 0) is 21.3 Å². The minimum Gasteiger partial charge on any atom is -0.457 e. The van der Waals surface area contributed by atoms with Gasteiger partial charge in [-0.2, -0.15) is 4.31 Å². The first-order chi connectivity index (χ1) is 13.5. The van der Waals surface area contributed by atoms with E-state index in [1.165, 1.54) is 16.6 Å². The highest BCUT2D eigenvalue weighted by Gasteiger charge is 2.33. The predicted octanol–water partition coefficient (Wildman–Crippen LogP) is 3.01. The molecule has 0 aromatic carbocycles. The lowest BCUT2D eigenvalue weighted by molar-refractivity contribution is 0.0923. The molecule has 0 radical (unpaired) electrons. The first kappa shape index (κ1) is 18.9. The summed E-state index contributed by atoms with van der Waals surface area (Å²) in [6, 6.07) is 8.54. The van der Waals surface area contributed by atoms with E-state index < -0.39 is 10.0 Å². The van der Waals surface area contributed by atoms with E-state index in [4.69, 9.17) is 13.7 Å². The molecule has 3 aromatic rings. The number of aryl methyl sites for hydroxylation is 1. The second-order valence-electron chi connectivity index (χ2n) is 6.66. The van der Waals surface area contributed by atoms with Gasteiger partial charge in [-0.1, -0.05) is 11.2 Å².